The van der Waals surface area contributed by atoms with Crippen LogP contribution in [0.5, 0.6) is 0 Å². The molecule has 0 amide bonds. The molecule has 160 valence electrons. The Morgan fingerprint density at radius 3 is 2.23 bits per heavy atom. The van der Waals surface area contributed by atoms with Gasteiger partial charge in [0.05, 0.1) is 23.6 Å². The van der Waals surface area contributed by atoms with Crippen molar-refractivity contribution < 1.29 is 17.9 Å². The molecule has 1 aromatic carbocycles. The Bertz CT molecular complexity index is 1170. The Morgan fingerprint density at radius 2 is 1.67 bits per heavy atom. The average Bonchev–Trinajstić information content (AvgIpc) is 3.13. The van der Waals surface area contributed by atoms with Gasteiger partial charge in [0.25, 0.3) is 0 Å². The third-order valence-corrected chi connectivity index (χ3v) is 6.88. The number of aryl methyl sites for hydroxylation is 3. The summed E-state index contributed by atoms with van der Waals surface area (Å²) in [6.45, 7) is 7.84. The van der Waals surface area contributed by atoms with Crippen molar-refractivity contribution in [3.8, 4) is 0 Å². The van der Waals surface area contributed by atoms with Gasteiger partial charge in [0.15, 0.2) is 5.65 Å². The zero-order valence-corrected chi connectivity index (χ0v) is 18.6. The van der Waals surface area contributed by atoms with E-state index in [2.05, 4.69) is 10.1 Å². The molecule has 0 saturated carbocycles. The molecule has 0 aliphatic heterocycles. The van der Waals surface area contributed by atoms with Crippen molar-refractivity contribution in [3.05, 3.63) is 53.0 Å². The summed E-state index contributed by atoms with van der Waals surface area (Å²) in [5.74, 6) is -0.331. The number of sulfone groups is 1. The van der Waals surface area contributed by atoms with Gasteiger partial charge in [-0.15, -0.1) is 0 Å². The van der Waals surface area contributed by atoms with Crippen LogP contribution in [0, 0.1) is 0 Å². The Labute approximate surface area is 177 Å². The van der Waals surface area contributed by atoms with Crippen molar-refractivity contribution in [2.45, 2.75) is 63.2 Å². The fourth-order valence-corrected chi connectivity index (χ4v) is 5.27. The molecule has 0 unspecified atom stereocenters. The van der Waals surface area contributed by atoms with Crippen LogP contribution < -0.4 is 0 Å². The number of benzene rings is 1. The molecule has 8 heteroatoms. The lowest BCUT2D eigenvalue weighted by atomic mass is 10.0. The Morgan fingerprint density at radius 1 is 1.00 bits per heavy atom. The molecular weight excluding hydrogens is 402 g/mol. The van der Waals surface area contributed by atoms with Crippen molar-refractivity contribution in [1.29, 1.82) is 0 Å². The van der Waals surface area contributed by atoms with Gasteiger partial charge in [0.2, 0.25) is 9.84 Å². The molecule has 3 rings (SSSR count). The largest absolute Gasteiger partial charge is 0.466 e. The highest BCUT2D eigenvalue weighted by molar-refractivity contribution is 7.91. The summed E-state index contributed by atoms with van der Waals surface area (Å²) in [4.78, 5) is 17.2. The highest BCUT2D eigenvalue weighted by atomic mass is 32.2. The first kappa shape index (κ1) is 22.0. The van der Waals surface area contributed by atoms with Gasteiger partial charge in [0.1, 0.15) is 4.90 Å². The second kappa shape index (κ2) is 8.95. The maximum Gasteiger partial charge on any atom is 0.310 e. The Balaban J connectivity index is 2.32. The fraction of sp³-hybridized carbons (Fsp3) is 0.409. The van der Waals surface area contributed by atoms with E-state index in [1.165, 1.54) is 0 Å². The molecule has 2 aromatic heterocycles. The van der Waals surface area contributed by atoms with Crippen molar-refractivity contribution in [2.75, 3.05) is 6.61 Å². The molecule has 7 nitrogen and oxygen atoms in total. The average molecular weight is 430 g/mol. The lowest BCUT2D eigenvalue weighted by molar-refractivity contribution is -0.142. The predicted octanol–water partition coefficient (Wildman–Crippen LogP) is 3.35. The van der Waals surface area contributed by atoms with Crippen LogP contribution in [0.15, 0.2) is 40.1 Å². The minimum absolute atomic E-state index is 0.0885. The van der Waals surface area contributed by atoms with E-state index < -0.39 is 9.84 Å². The SMILES string of the molecule is CCOC(=O)Cc1c(CC)nc2c(S(=O)(=O)c3ccccc3)c(CC)nn2c1CC. The summed E-state index contributed by atoms with van der Waals surface area (Å²) in [7, 11) is -3.80. The molecule has 0 aliphatic carbocycles. The van der Waals surface area contributed by atoms with Crippen LogP contribution >= 0.6 is 0 Å². The maximum atomic E-state index is 13.5. The lowest BCUT2D eigenvalue weighted by Crippen LogP contribution is -2.16. The predicted molar refractivity (Wildman–Crippen MR) is 113 cm³/mol. The molecule has 0 N–H and O–H groups in total. The van der Waals surface area contributed by atoms with Gasteiger partial charge in [-0.3, -0.25) is 4.79 Å². The number of hydrogen-bond donors (Lipinski definition) is 0. The van der Waals surface area contributed by atoms with Crippen molar-refractivity contribution >= 4 is 21.5 Å². The monoisotopic (exact) mass is 429 g/mol. The number of esters is 1. The first-order valence-corrected chi connectivity index (χ1v) is 11.7. The Hall–Kier alpha value is -2.74. The maximum absolute atomic E-state index is 13.5. The van der Waals surface area contributed by atoms with Crippen molar-refractivity contribution in [2.24, 2.45) is 0 Å². The molecule has 0 fully saturated rings. The van der Waals surface area contributed by atoms with Gasteiger partial charge in [-0.05, 0) is 38.3 Å². The molecule has 30 heavy (non-hydrogen) atoms. The normalized spacial score (nSPS) is 11.7. The smallest absolute Gasteiger partial charge is 0.310 e. The van der Waals surface area contributed by atoms with Crippen LogP contribution in [0.3, 0.4) is 0 Å². The first-order valence-electron chi connectivity index (χ1n) is 10.3. The van der Waals surface area contributed by atoms with E-state index in [9.17, 15) is 13.2 Å². The number of nitrogens with zero attached hydrogens (tertiary/aromatic N) is 3. The number of aromatic nitrogens is 3. The molecule has 3 aromatic rings. The minimum atomic E-state index is -3.80. The lowest BCUT2D eigenvalue weighted by Gasteiger charge is -2.14. The van der Waals surface area contributed by atoms with Crippen molar-refractivity contribution in [3.63, 3.8) is 0 Å². The third kappa shape index (κ3) is 3.84. The topological polar surface area (TPSA) is 90.6 Å². The van der Waals surface area contributed by atoms with Gasteiger partial charge >= 0.3 is 5.97 Å². The second-order valence-corrected chi connectivity index (χ2v) is 8.74. The number of hydrogen-bond acceptors (Lipinski definition) is 6. The van der Waals surface area contributed by atoms with Crippen LogP contribution in [0.2, 0.25) is 0 Å². The highest BCUT2D eigenvalue weighted by Gasteiger charge is 2.30. The number of fused-ring (bicyclic) bond motifs is 1. The summed E-state index contributed by atoms with van der Waals surface area (Å²) >= 11 is 0. The van der Waals surface area contributed by atoms with Gasteiger partial charge in [-0.1, -0.05) is 39.0 Å². The van der Waals surface area contributed by atoms with Gasteiger partial charge < -0.3 is 4.74 Å². The van der Waals surface area contributed by atoms with Gasteiger partial charge in [-0.2, -0.15) is 5.10 Å². The van der Waals surface area contributed by atoms with Crippen LogP contribution in [-0.4, -0.2) is 35.6 Å². The minimum Gasteiger partial charge on any atom is -0.466 e. The molecule has 2 heterocycles. The van der Waals surface area contributed by atoms with E-state index in [1.54, 1.807) is 41.8 Å². The molecule has 0 spiro atoms. The van der Waals surface area contributed by atoms with E-state index >= 15 is 0 Å². The molecular formula is C22H27N3O4S. The van der Waals surface area contributed by atoms with E-state index in [-0.39, 0.29) is 22.2 Å². The zero-order chi connectivity index (χ0) is 21.9. The molecule has 0 aliphatic rings. The van der Waals surface area contributed by atoms with Crippen molar-refractivity contribution in [1.82, 2.24) is 14.6 Å². The number of ether oxygens (including phenoxy) is 1. The number of rotatable bonds is 8. The zero-order valence-electron chi connectivity index (χ0n) is 17.8. The van der Waals surface area contributed by atoms with Crippen LogP contribution in [0.1, 0.15) is 50.3 Å². The summed E-state index contributed by atoms with van der Waals surface area (Å²) in [6, 6.07) is 8.33. The van der Waals surface area contributed by atoms with Crippen LogP contribution in [-0.2, 0) is 45.1 Å². The molecule has 0 bridgehead atoms. The summed E-state index contributed by atoms with van der Waals surface area (Å²) < 4.78 is 33.7. The quantitative estimate of drug-likeness (QED) is 0.510. The van der Waals surface area contributed by atoms with E-state index in [1.807, 2.05) is 20.8 Å². The Kier molecular flexibility index (Phi) is 6.55. The van der Waals surface area contributed by atoms with Crippen LogP contribution in [0.4, 0.5) is 0 Å². The summed E-state index contributed by atoms with van der Waals surface area (Å²) in [5, 5.41) is 4.61. The number of carbonyl (C=O) groups is 1. The van der Waals surface area contributed by atoms with Gasteiger partial charge in [-0.25, -0.2) is 17.9 Å². The third-order valence-electron chi connectivity index (χ3n) is 5.03. The molecule has 0 saturated heterocycles. The van der Waals surface area contributed by atoms with E-state index in [0.29, 0.717) is 42.9 Å². The summed E-state index contributed by atoms with van der Waals surface area (Å²) in [6.07, 6.45) is 1.68. The van der Waals surface area contributed by atoms with E-state index in [0.717, 1.165) is 11.3 Å². The highest BCUT2D eigenvalue weighted by Crippen LogP contribution is 2.30. The molecule has 0 radical (unpaired) electrons. The fourth-order valence-electron chi connectivity index (χ4n) is 3.65. The standard InChI is InChI=1S/C22H27N3O4S/c1-5-17-16(14-20(26)29-8-4)19(7-3)25-22(23-17)21(18(6-2)24-25)30(27,28)15-12-10-9-11-13-15/h9-13H,5-8,14H2,1-4H3. The number of carbonyl (C=O) groups excluding carboxylic acids is 1. The van der Waals surface area contributed by atoms with Crippen LogP contribution in [0.25, 0.3) is 5.65 Å². The van der Waals surface area contributed by atoms with Gasteiger partial charge in [0, 0.05) is 17.0 Å². The summed E-state index contributed by atoms with van der Waals surface area (Å²) in [5.41, 5.74) is 3.03. The molecule has 0 atom stereocenters. The first-order chi connectivity index (χ1) is 14.4. The van der Waals surface area contributed by atoms with E-state index in [4.69, 9.17) is 4.74 Å². The second-order valence-electron chi connectivity index (χ2n) is 6.85.